The van der Waals surface area contributed by atoms with E-state index < -0.39 is 10.8 Å². The first-order chi connectivity index (χ1) is 9.97. The second kappa shape index (κ2) is 7.24. The molecular weight excluding hydrogens is 312 g/mol. The molecule has 1 aromatic carbocycles. The molecule has 0 bridgehead atoms. The molecule has 0 spiro atoms. The first kappa shape index (κ1) is 16.3. The summed E-state index contributed by atoms with van der Waals surface area (Å²) in [7, 11) is -1.05. The van der Waals surface area contributed by atoms with Crippen molar-refractivity contribution in [3.63, 3.8) is 0 Å². The molecule has 21 heavy (non-hydrogen) atoms. The van der Waals surface area contributed by atoms with Crippen LogP contribution in [0.5, 0.6) is 0 Å². The van der Waals surface area contributed by atoms with Crippen LogP contribution in [0.3, 0.4) is 0 Å². The van der Waals surface area contributed by atoms with Crippen molar-refractivity contribution in [3.05, 3.63) is 23.2 Å². The summed E-state index contributed by atoms with van der Waals surface area (Å²) in [6.45, 7) is 2.56. The number of nitrogens with one attached hydrogen (secondary N) is 1. The Balaban J connectivity index is 1.83. The summed E-state index contributed by atoms with van der Waals surface area (Å²) >= 11 is 5.80. The van der Waals surface area contributed by atoms with E-state index in [-0.39, 0.29) is 23.7 Å². The summed E-state index contributed by atoms with van der Waals surface area (Å²) in [5.74, 6) is 0.126. The van der Waals surface area contributed by atoms with Crippen molar-refractivity contribution in [2.75, 3.05) is 23.4 Å². The van der Waals surface area contributed by atoms with Gasteiger partial charge in [-0.3, -0.25) is 9.00 Å². The van der Waals surface area contributed by atoms with Gasteiger partial charge in [-0.15, -0.1) is 0 Å². The largest absolute Gasteiger partial charge is 0.397 e. The minimum atomic E-state index is -1.05. The third-order valence-electron chi connectivity index (χ3n) is 3.46. The van der Waals surface area contributed by atoms with E-state index in [1.165, 1.54) is 0 Å². The van der Waals surface area contributed by atoms with Gasteiger partial charge in [0, 0.05) is 34.6 Å². The molecule has 1 saturated heterocycles. The quantitative estimate of drug-likeness (QED) is 0.811. The Morgan fingerprint density at radius 3 is 2.95 bits per heavy atom. The fourth-order valence-electron chi connectivity index (χ4n) is 2.26. The molecule has 7 heteroatoms. The van der Waals surface area contributed by atoms with Crippen LogP contribution < -0.4 is 11.1 Å². The smallest absolute Gasteiger partial charge is 0.225 e. The Morgan fingerprint density at radius 1 is 1.57 bits per heavy atom. The fraction of sp³-hybridized carbons (Fsp3) is 0.500. The van der Waals surface area contributed by atoms with Crippen LogP contribution in [0.2, 0.25) is 5.02 Å². The van der Waals surface area contributed by atoms with Gasteiger partial charge in [0.15, 0.2) is 0 Å². The van der Waals surface area contributed by atoms with Gasteiger partial charge in [-0.05, 0) is 31.5 Å². The molecule has 2 rings (SSSR count). The van der Waals surface area contributed by atoms with Crippen LogP contribution in [0.15, 0.2) is 18.2 Å². The average Bonchev–Trinajstić information content (AvgIpc) is 2.85. The van der Waals surface area contributed by atoms with Gasteiger partial charge in [0.05, 0.1) is 22.7 Å². The molecule has 1 aromatic rings. The number of nitrogen functional groups attached to an aromatic ring is 1. The van der Waals surface area contributed by atoms with E-state index in [0.29, 0.717) is 28.8 Å². The van der Waals surface area contributed by atoms with Crippen LogP contribution >= 0.6 is 11.6 Å². The van der Waals surface area contributed by atoms with E-state index in [2.05, 4.69) is 5.32 Å². The van der Waals surface area contributed by atoms with Crippen molar-refractivity contribution >= 4 is 39.7 Å². The van der Waals surface area contributed by atoms with Crippen LogP contribution in [0.1, 0.15) is 19.8 Å². The van der Waals surface area contributed by atoms with Crippen molar-refractivity contribution in [2.24, 2.45) is 0 Å². The normalized spacial score (nSPS) is 23.0. The Bertz CT molecular complexity index is 553. The number of rotatable bonds is 5. The van der Waals surface area contributed by atoms with E-state index in [9.17, 15) is 9.00 Å². The lowest BCUT2D eigenvalue weighted by Crippen LogP contribution is -2.26. The topological polar surface area (TPSA) is 81.4 Å². The molecule has 116 valence electrons. The Morgan fingerprint density at radius 2 is 2.33 bits per heavy atom. The molecule has 0 radical (unpaired) electrons. The van der Waals surface area contributed by atoms with Gasteiger partial charge in [0.25, 0.3) is 0 Å². The zero-order valence-corrected chi connectivity index (χ0v) is 13.4. The van der Waals surface area contributed by atoms with E-state index in [1.807, 2.05) is 6.92 Å². The first-order valence-corrected chi connectivity index (χ1v) is 8.57. The van der Waals surface area contributed by atoms with E-state index in [0.717, 1.165) is 6.42 Å². The molecule has 3 unspecified atom stereocenters. The highest BCUT2D eigenvalue weighted by molar-refractivity contribution is 7.85. The number of halogens is 1. The number of anilines is 2. The highest BCUT2D eigenvalue weighted by atomic mass is 35.5. The third kappa shape index (κ3) is 4.43. The summed E-state index contributed by atoms with van der Waals surface area (Å²) in [4.78, 5) is 11.9. The predicted molar refractivity (Wildman–Crippen MR) is 85.9 cm³/mol. The number of nitrogens with two attached hydrogens (primary N) is 1. The van der Waals surface area contributed by atoms with Gasteiger partial charge in [-0.2, -0.15) is 0 Å². The van der Waals surface area contributed by atoms with Crippen LogP contribution in [0.4, 0.5) is 11.4 Å². The Kier molecular flexibility index (Phi) is 5.61. The van der Waals surface area contributed by atoms with Gasteiger partial charge in [0.1, 0.15) is 0 Å². The molecule has 5 nitrogen and oxygen atoms in total. The van der Waals surface area contributed by atoms with E-state index in [4.69, 9.17) is 22.1 Å². The maximum atomic E-state index is 12.1. The van der Waals surface area contributed by atoms with Crippen LogP contribution in [-0.4, -0.2) is 33.8 Å². The monoisotopic (exact) mass is 330 g/mol. The zero-order chi connectivity index (χ0) is 15.4. The number of benzene rings is 1. The number of amides is 1. The summed E-state index contributed by atoms with van der Waals surface area (Å²) < 4.78 is 17.5. The second-order valence-electron chi connectivity index (χ2n) is 5.02. The second-order valence-corrected chi connectivity index (χ2v) is 7.23. The highest BCUT2D eigenvalue weighted by Crippen LogP contribution is 2.23. The van der Waals surface area contributed by atoms with Crippen molar-refractivity contribution in [2.45, 2.75) is 31.1 Å². The summed E-state index contributed by atoms with van der Waals surface area (Å²) in [5.41, 5.74) is 6.70. The molecule has 3 N–H and O–H groups in total. The van der Waals surface area contributed by atoms with Gasteiger partial charge in [0.2, 0.25) is 5.91 Å². The molecule has 0 aliphatic carbocycles. The Hall–Kier alpha value is -1.11. The van der Waals surface area contributed by atoms with Crippen molar-refractivity contribution in [3.8, 4) is 0 Å². The van der Waals surface area contributed by atoms with Crippen LogP contribution in [-0.2, 0) is 20.3 Å². The molecule has 1 aliphatic rings. The van der Waals surface area contributed by atoms with Gasteiger partial charge < -0.3 is 15.8 Å². The molecular formula is C14H19ClN2O3S. The van der Waals surface area contributed by atoms with Crippen molar-refractivity contribution < 1.29 is 13.7 Å². The molecule has 1 amide bonds. The Labute approximate surface area is 131 Å². The fourth-order valence-corrected chi connectivity index (χ4v) is 4.00. The van der Waals surface area contributed by atoms with Crippen molar-refractivity contribution in [1.82, 2.24) is 0 Å². The van der Waals surface area contributed by atoms with Crippen LogP contribution in [0.25, 0.3) is 0 Å². The van der Waals surface area contributed by atoms with E-state index in [1.54, 1.807) is 18.2 Å². The standard InChI is InChI=1S/C14H19ClN2O3S/c1-9-13(4-6-20-9)21(19)7-5-14(18)17-12-3-2-10(15)8-11(12)16/h2-3,8-9,13H,4-7,16H2,1H3,(H,17,18). The number of hydrogen-bond donors (Lipinski definition) is 2. The van der Waals surface area contributed by atoms with E-state index >= 15 is 0 Å². The van der Waals surface area contributed by atoms with Crippen LogP contribution in [0, 0.1) is 0 Å². The average molecular weight is 331 g/mol. The maximum absolute atomic E-state index is 12.1. The summed E-state index contributed by atoms with van der Waals surface area (Å²) in [5, 5.41) is 3.25. The third-order valence-corrected chi connectivity index (χ3v) is 5.60. The molecule has 0 saturated carbocycles. The predicted octanol–water partition coefficient (Wildman–Crippen LogP) is 2.18. The molecule has 1 aliphatic heterocycles. The zero-order valence-electron chi connectivity index (χ0n) is 11.8. The summed E-state index contributed by atoms with van der Waals surface area (Å²) in [6.07, 6.45) is 0.984. The number of hydrogen-bond acceptors (Lipinski definition) is 4. The van der Waals surface area contributed by atoms with Gasteiger partial charge in [-0.1, -0.05) is 11.6 Å². The lowest BCUT2D eigenvalue weighted by atomic mass is 10.2. The molecule has 0 aromatic heterocycles. The van der Waals surface area contributed by atoms with Gasteiger partial charge in [-0.25, -0.2) is 0 Å². The number of ether oxygens (including phenoxy) is 1. The SMILES string of the molecule is CC1OCCC1S(=O)CCC(=O)Nc1ccc(Cl)cc1N. The first-order valence-electron chi connectivity index (χ1n) is 6.81. The van der Waals surface area contributed by atoms with Gasteiger partial charge >= 0.3 is 0 Å². The number of carbonyl (C=O) groups excluding carboxylic acids is 1. The molecule has 1 fully saturated rings. The molecule has 3 atom stereocenters. The lowest BCUT2D eigenvalue weighted by molar-refractivity contribution is -0.115. The minimum absolute atomic E-state index is 0.000745. The van der Waals surface area contributed by atoms with Crippen molar-refractivity contribution in [1.29, 1.82) is 0 Å². The number of carbonyl (C=O) groups is 1. The summed E-state index contributed by atoms with van der Waals surface area (Å²) in [6, 6.07) is 4.88. The minimum Gasteiger partial charge on any atom is -0.397 e. The highest BCUT2D eigenvalue weighted by Gasteiger charge is 2.29. The molecule has 1 heterocycles. The lowest BCUT2D eigenvalue weighted by Gasteiger charge is -2.13. The maximum Gasteiger partial charge on any atom is 0.225 e.